The van der Waals surface area contributed by atoms with Gasteiger partial charge in [-0.1, -0.05) is 0 Å². The van der Waals surface area contributed by atoms with Gasteiger partial charge in [0.05, 0.1) is 0 Å². The summed E-state index contributed by atoms with van der Waals surface area (Å²) in [7, 11) is 0. The molecule has 19 nitrogen and oxygen atoms in total. The van der Waals surface area contributed by atoms with Crippen LogP contribution in [-0.4, -0.2) is 101 Å². The van der Waals surface area contributed by atoms with Crippen molar-refractivity contribution in [2.45, 2.75) is 167 Å². The number of carbonyl (C=O) groups excluding carboxylic acids is 8. The molecule has 358 valence electrons. The maximum absolute atomic E-state index is 11.9. The van der Waals surface area contributed by atoms with Gasteiger partial charge in [-0.05, 0) is 0 Å². The van der Waals surface area contributed by atoms with Gasteiger partial charge in [0.25, 0.3) is 0 Å². The van der Waals surface area contributed by atoms with E-state index in [1.54, 1.807) is 3.90 Å². The van der Waals surface area contributed by atoms with Gasteiger partial charge >= 0.3 is 341 Å². The first-order valence-electron chi connectivity index (χ1n) is 21.1. The molecule has 0 aliphatic heterocycles. The van der Waals surface area contributed by atoms with E-state index in [0.717, 1.165) is 89.8 Å². The van der Waals surface area contributed by atoms with E-state index in [1.807, 2.05) is 0 Å². The molecule has 0 spiro atoms. The summed E-state index contributed by atoms with van der Waals surface area (Å²) in [5, 5.41) is 40.8. The molecule has 0 unspecified atom stereocenters. The Morgan fingerprint density at radius 1 is 0.492 bits per heavy atom. The molecule has 0 aliphatic carbocycles. The Morgan fingerprint density at radius 2 is 0.810 bits per heavy atom. The maximum atomic E-state index is 11.9. The van der Waals surface area contributed by atoms with E-state index in [1.165, 1.54) is 61.9 Å². The Balaban J connectivity index is -0.000000501. The van der Waals surface area contributed by atoms with Gasteiger partial charge in [-0.15, -0.1) is 0 Å². The SMILES string of the molecule is NC(=O)CCCCCCCC[C](=[W])CCCCC[C@H](CC(=O)NCCCC(=O)O)C(=O)O.O=C=O.O=C=O.O=CCC[C](=[W])CCCCC[C@H](CC(=O)NCCCC(=O)O)C(=O)O. The minimum atomic E-state index is -0.973. The Hall–Kier alpha value is -4.16. The number of aldehydes is 1. The summed E-state index contributed by atoms with van der Waals surface area (Å²) >= 11 is 2.93. The second kappa shape index (κ2) is 48.9. The van der Waals surface area contributed by atoms with Crippen molar-refractivity contribution in [1.82, 2.24) is 10.6 Å². The van der Waals surface area contributed by atoms with Crippen molar-refractivity contribution in [3.63, 3.8) is 0 Å². The molecule has 0 saturated carbocycles. The van der Waals surface area contributed by atoms with E-state index < -0.39 is 35.7 Å². The van der Waals surface area contributed by atoms with Gasteiger partial charge < -0.3 is 10.2 Å². The predicted molar refractivity (Wildman–Crippen MR) is 219 cm³/mol. The number of hydrogen-bond donors (Lipinski definition) is 7. The van der Waals surface area contributed by atoms with Crippen LogP contribution in [0.5, 0.6) is 0 Å². The number of carboxylic acids is 4. The summed E-state index contributed by atoms with van der Waals surface area (Å²) in [6, 6.07) is 0. The van der Waals surface area contributed by atoms with E-state index >= 15 is 0 Å². The summed E-state index contributed by atoms with van der Waals surface area (Å²) in [6.07, 6.45) is 20.2. The van der Waals surface area contributed by atoms with Gasteiger partial charge in [-0.25, -0.2) is 0 Å². The number of aliphatic carboxylic acids is 4. The first kappa shape index (κ1) is 65.5. The molecule has 8 N–H and O–H groups in total. The van der Waals surface area contributed by atoms with Crippen LogP contribution >= 0.6 is 0 Å². The molecule has 0 aromatic heterocycles. The third-order valence-corrected chi connectivity index (χ3v) is 12.0. The third kappa shape index (κ3) is 55.8. The van der Waals surface area contributed by atoms with Gasteiger partial charge in [0.1, 0.15) is 0 Å². The van der Waals surface area contributed by atoms with E-state index in [2.05, 4.69) is 10.6 Å². The first-order chi connectivity index (χ1) is 29.9. The number of carbonyl (C=O) groups is 8. The molecule has 0 rings (SSSR count). The molecule has 0 aliphatic rings. The molecule has 3 amide bonds. The molecular weight excluding hydrogens is 1170 g/mol. The summed E-state index contributed by atoms with van der Waals surface area (Å²) in [5.74, 6) is -6.04. The van der Waals surface area contributed by atoms with E-state index in [0.29, 0.717) is 38.5 Å². The zero-order valence-electron chi connectivity index (χ0n) is 36.1. The minimum absolute atomic E-state index is 0.0147. The number of hydrogen-bond acceptors (Lipinski definition) is 12. The molecule has 0 radical (unpaired) electrons. The van der Waals surface area contributed by atoms with Crippen LogP contribution in [0.25, 0.3) is 0 Å². The molecule has 0 fully saturated rings. The predicted octanol–water partition coefficient (Wildman–Crippen LogP) is 3.87. The van der Waals surface area contributed by atoms with Crippen molar-refractivity contribution >= 4 is 68.0 Å². The number of nitrogens with two attached hydrogens (primary N) is 1. The van der Waals surface area contributed by atoms with Crippen LogP contribution in [0.1, 0.15) is 167 Å². The molecule has 0 aromatic carbocycles. The topological polar surface area (TPSA) is 336 Å². The fourth-order valence-corrected chi connectivity index (χ4v) is 7.71. The summed E-state index contributed by atoms with van der Waals surface area (Å²) < 4.78 is 2.93. The van der Waals surface area contributed by atoms with Crippen LogP contribution in [0.4, 0.5) is 0 Å². The van der Waals surface area contributed by atoms with Crippen LogP contribution in [0.2, 0.25) is 0 Å². The average molecular weight is 1240 g/mol. The van der Waals surface area contributed by atoms with Crippen molar-refractivity contribution in [2.75, 3.05) is 13.1 Å². The van der Waals surface area contributed by atoms with Crippen molar-refractivity contribution in [1.29, 1.82) is 0 Å². The standard InChI is InChI=1S/C23H40N2O6.C17H27NO6.2CO2.2W/c24-20(26)15-12-10-8-6-4-2-1-3-5-7-9-11-14-19(23(30)31)18-21(27)25-17-13-16-22(28)29;19-12-7-5-3-1-2-4-6-9-14(17(23)24)13-15(20)18-11-8-10-16(21)22;2*2-1-3;;/h19H,1-2,4-18H2,(H2,24,26)(H,25,27)(H,28,29)(H,30,31);12,14H,1-2,4-11,13H2,(H,18,20)(H,21,22)(H,23,24);;;;/t19-;14-;;;;/m11..../s1. The fourth-order valence-electron chi connectivity index (χ4n) is 5.73. The fraction of sp³-hybridized carbons (Fsp3) is 0.714. The van der Waals surface area contributed by atoms with Crippen molar-refractivity contribution in [2.24, 2.45) is 17.6 Å². The molecule has 63 heavy (non-hydrogen) atoms. The number of rotatable bonds is 38. The van der Waals surface area contributed by atoms with Crippen LogP contribution in [-0.2, 0) is 96.2 Å². The monoisotopic (exact) mass is 1240 g/mol. The summed E-state index contributed by atoms with van der Waals surface area (Å²) in [4.78, 5) is 121. The quantitative estimate of drug-likeness (QED) is 0.0341. The number of primary amides is 1. The number of unbranched alkanes of at least 4 members (excludes halogenated alkanes) is 9. The zero-order chi connectivity index (χ0) is 48.7. The van der Waals surface area contributed by atoms with Crippen molar-refractivity contribution < 1.29 is 117 Å². The van der Waals surface area contributed by atoms with Crippen molar-refractivity contribution in [3.8, 4) is 0 Å². The molecule has 21 heteroatoms. The number of amides is 3. The van der Waals surface area contributed by atoms with Gasteiger partial charge in [0.15, 0.2) is 0 Å². The van der Waals surface area contributed by atoms with Gasteiger partial charge in [-0.3, -0.25) is 9.59 Å². The average Bonchev–Trinajstić information content (AvgIpc) is 3.20. The zero-order valence-corrected chi connectivity index (χ0v) is 42.0. The van der Waals surface area contributed by atoms with Crippen LogP contribution in [0.15, 0.2) is 0 Å². The Morgan fingerprint density at radius 3 is 1.13 bits per heavy atom. The van der Waals surface area contributed by atoms with E-state index in [-0.39, 0.29) is 68.8 Å². The second-order valence-electron chi connectivity index (χ2n) is 14.4. The van der Waals surface area contributed by atoms with E-state index in [9.17, 15) is 48.6 Å². The Kier molecular flexibility index (Phi) is 50.8. The Bertz CT molecular complexity index is 1420. The molecule has 0 saturated heterocycles. The molecule has 2 atom stereocenters. The van der Waals surface area contributed by atoms with Crippen LogP contribution in [0, 0.1) is 11.8 Å². The number of carboxylic acid groups (broad SMARTS) is 4. The normalized spacial score (nSPS) is 10.7. The van der Waals surface area contributed by atoms with Gasteiger partial charge in [0.2, 0.25) is 0 Å². The van der Waals surface area contributed by atoms with Crippen molar-refractivity contribution in [3.05, 3.63) is 0 Å². The summed E-state index contributed by atoms with van der Waals surface area (Å²) in [5.41, 5.74) is 5.13. The van der Waals surface area contributed by atoms with Gasteiger partial charge in [-0.2, -0.15) is 19.2 Å². The second-order valence-corrected chi connectivity index (χ2v) is 18.6. The molecular formula is C42H67N3O16W2. The van der Waals surface area contributed by atoms with E-state index in [4.69, 9.17) is 35.1 Å². The first-order valence-corrected chi connectivity index (χ1v) is 24.0. The molecule has 0 heterocycles. The number of nitrogens with one attached hydrogen (secondary N) is 2. The third-order valence-electron chi connectivity index (χ3n) is 9.03. The molecule has 0 bridgehead atoms. The van der Waals surface area contributed by atoms with Gasteiger partial charge in [0, 0.05) is 12.8 Å². The van der Waals surface area contributed by atoms with Crippen LogP contribution < -0.4 is 16.4 Å². The molecule has 0 aromatic rings. The summed E-state index contributed by atoms with van der Waals surface area (Å²) in [6.45, 7) is 0.500. The van der Waals surface area contributed by atoms with Crippen LogP contribution in [0.3, 0.4) is 0 Å². The Labute approximate surface area is 391 Å².